The molecule has 0 aromatic carbocycles. The van der Waals surface area contributed by atoms with Gasteiger partial charge in [-0.1, -0.05) is 6.08 Å². The molecule has 0 aliphatic heterocycles. The standard InChI is InChI=1S/C8H7ClN2O2/c9-5-1-2-7-3-4-8(6-10-7)11(12)13/h1-4,6H,5H2. The number of hydrogen-bond acceptors (Lipinski definition) is 3. The van der Waals surface area contributed by atoms with E-state index in [1.165, 1.54) is 12.3 Å². The van der Waals surface area contributed by atoms with Crippen molar-refractivity contribution in [1.29, 1.82) is 0 Å². The lowest BCUT2D eigenvalue weighted by molar-refractivity contribution is -0.385. The maximum atomic E-state index is 10.3. The lowest BCUT2D eigenvalue weighted by Gasteiger charge is -1.91. The number of pyridine rings is 1. The number of hydrogen-bond donors (Lipinski definition) is 0. The number of rotatable bonds is 3. The van der Waals surface area contributed by atoms with Gasteiger partial charge in [0.2, 0.25) is 0 Å². The first-order chi connectivity index (χ1) is 6.24. The molecule has 1 rings (SSSR count). The van der Waals surface area contributed by atoms with Crippen molar-refractivity contribution in [2.45, 2.75) is 0 Å². The molecule has 1 heterocycles. The summed E-state index contributed by atoms with van der Waals surface area (Å²) in [5, 5.41) is 10.3. The van der Waals surface area contributed by atoms with E-state index in [4.69, 9.17) is 11.6 Å². The molecule has 0 saturated heterocycles. The van der Waals surface area contributed by atoms with Gasteiger partial charge in [0.05, 0.1) is 10.6 Å². The summed E-state index contributed by atoms with van der Waals surface area (Å²) in [6, 6.07) is 2.97. The van der Waals surface area contributed by atoms with Gasteiger partial charge in [0.25, 0.3) is 5.69 Å². The largest absolute Gasteiger partial charge is 0.287 e. The van der Waals surface area contributed by atoms with E-state index in [1.54, 1.807) is 18.2 Å². The predicted octanol–water partition coefficient (Wildman–Crippen LogP) is 2.24. The summed E-state index contributed by atoms with van der Waals surface area (Å²) in [7, 11) is 0. The summed E-state index contributed by atoms with van der Waals surface area (Å²) in [4.78, 5) is 13.6. The third-order valence-electron chi connectivity index (χ3n) is 1.36. The highest BCUT2D eigenvalue weighted by atomic mass is 35.5. The molecule has 0 saturated carbocycles. The van der Waals surface area contributed by atoms with Crippen LogP contribution in [0.3, 0.4) is 0 Å². The molecule has 0 fully saturated rings. The number of halogens is 1. The van der Waals surface area contributed by atoms with Crippen LogP contribution in [0.1, 0.15) is 5.69 Å². The minimum Gasteiger partial charge on any atom is -0.258 e. The van der Waals surface area contributed by atoms with Crippen LogP contribution in [-0.2, 0) is 0 Å². The second kappa shape index (κ2) is 4.57. The van der Waals surface area contributed by atoms with E-state index in [2.05, 4.69) is 4.98 Å². The Bertz CT molecular complexity index is 321. The van der Waals surface area contributed by atoms with Crippen LogP contribution in [0.25, 0.3) is 6.08 Å². The number of nitrogens with zero attached hydrogens (tertiary/aromatic N) is 2. The molecular formula is C8H7ClN2O2. The highest BCUT2D eigenvalue weighted by Gasteiger charge is 2.02. The average molecular weight is 199 g/mol. The quantitative estimate of drug-likeness (QED) is 0.425. The zero-order chi connectivity index (χ0) is 9.68. The molecule has 1 aromatic rings. The topological polar surface area (TPSA) is 56.0 Å². The van der Waals surface area contributed by atoms with Crippen LogP contribution < -0.4 is 0 Å². The van der Waals surface area contributed by atoms with E-state index in [0.717, 1.165) is 0 Å². The maximum Gasteiger partial charge on any atom is 0.287 e. The smallest absolute Gasteiger partial charge is 0.258 e. The fourth-order valence-electron chi connectivity index (χ4n) is 0.769. The summed E-state index contributed by atoms with van der Waals surface area (Å²) >= 11 is 5.41. The van der Waals surface area contributed by atoms with Crippen molar-refractivity contribution in [3.05, 3.63) is 40.2 Å². The molecule has 0 bridgehead atoms. The van der Waals surface area contributed by atoms with E-state index in [1.807, 2.05) is 0 Å². The van der Waals surface area contributed by atoms with Crippen LogP contribution in [0.5, 0.6) is 0 Å². The van der Waals surface area contributed by atoms with E-state index in [0.29, 0.717) is 11.6 Å². The molecule has 13 heavy (non-hydrogen) atoms. The second-order valence-electron chi connectivity index (χ2n) is 2.26. The molecule has 0 N–H and O–H groups in total. The van der Waals surface area contributed by atoms with Crippen LogP contribution in [0.2, 0.25) is 0 Å². The highest BCUT2D eigenvalue weighted by Crippen LogP contribution is 2.09. The molecular weight excluding hydrogens is 192 g/mol. The van der Waals surface area contributed by atoms with Crippen LogP contribution in [0.4, 0.5) is 5.69 Å². The predicted molar refractivity (Wildman–Crippen MR) is 50.6 cm³/mol. The number of alkyl halides is 1. The number of nitro groups is 1. The summed E-state index contributed by atoms with van der Waals surface area (Å²) in [6.45, 7) is 0. The summed E-state index contributed by atoms with van der Waals surface area (Å²) < 4.78 is 0. The number of allylic oxidation sites excluding steroid dienone is 1. The molecule has 0 aliphatic rings. The van der Waals surface area contributed by atoms with E-state index >= 15 is 0 Å². The van der Waals surface area contributed by atoms with Gasteiger partial charge in [-0.25, -0.2) is 4.98 Å². The molecule has 4 nitrogen and oxygen atoms in total. The molecule has 68 valence electrons. The molecule has 0 radical (unpaired) electrons. The van der Waals surface area contributed by atoms with Crippen molar-refractivity contribution >= 4 is 23.4 Å². The summed E-state index contributed by atoms with van der Waals surface area (Å²) in [5.41, 5.74) is 0.647. The lowest BCUT2D eigenvalue weighted by atomic mass is 10.3. The Morgan fingerprint density at radius 2 is 2.38 bits per heavy atom. The first-order valence-electron chi connectivity index (χ1n) is 3.57. The van der Waals surface area contributed by atoms with Crippen molar-refractivity contribution in [3.63, 3.8) is 0 Å². The molecule has 0 amide bonds. The van der Waals surface area contributed by atoms with Gasteiger partial charge in [-0.15, -0.1) is 11.6 Å². The Hall–Kier alpha value is -1.42. The van der Waals surface area contributed by atoms with Crippen molar-refractivity contribution < 1.29 is 4.92 Å². The van der Waals surface area contributed by atoms with Gasteiger partial charge in [0, 0.05) is 11.9 Å². The van der Waals surface area contributed by atoms with Gasteiger partial charge in [0.1, 0.15) is 6.20 Å². The fraction of sp³-hybridized carbons (Fsp3) is 0.125. The van der Waals surface area contributed by atoms with Gasteiger partial charge in [0.15, 0.2) is 0 Å². The lowest BCUT2D eigenvalue weighted by Crippen LogP contribution is -1.89. The number of aromatic nitrogens is 1. The minimum absolute atomic E-state index is 0.0111. The first-order valence-corrected chi connectivity index (χ1v) is 4.10. The van der Waals surface area contributed by atoms with Gasteiger partial charge < -0.3 is 0 Å². The Morgan fingerprint density at radius 1 is 1.62 bits per heavy atom. The molecule has 5 heteroatoms. The molecule has 0 unspecified atom stereocenters. The third kappa shape index (κ3) is 2.83. The van der Waals surface area contributed by atoms with Crippen molar-refractivity contribution in [1.82, 2.24) is 4.98 Å². The Labute approximate surface area is 80.0 Å². The SMILES string of the molecule is O=[N+]([O-])c1ccc(C=CCCl)nc1. The first kappa shape index (κ1) is 9.67. The van der Waals surface area contributed by atoms with Gasteiger partial charge >= 0.3 is 0 Å². The highest BCUT2D eigenvalue weighted by molar-refractivity contribution is 6.19. The minimum atomic E-state index is -0.484. The zero-order valence-corrected chi connectivity index (χ0v) is 7.44. The van der Waals surface area contributed by atoms with Crippen molar-refractivity contribution in [2.24, 2.45) is 0 Å². The van der Waals surface area contributed by atoms with E-state index in [-0.39, 0.29) is 5.69 Å². The molecule has 0 spiro atoms. The normalized spacial score (nSPS) is 10.5. The summed E-state index contributed by atoms with van der Waals surface area (Å²) in [6.07, 6.45) is 4.64. The fourth-order valence-corrected chi connectivity index (χ4v) is 0.858. The van der Waals surface area contributed by atoms with Crippen molar-refractivity contribution in [3.8, 4) is 0 Å². The monoisotopic (exact) mass is 198 g/mol. The van der Waals surface area contributed by atoms with Crippen LogP contribution >= 0.6 is 11.6 Å². The van der Waals surface area contributed by atoms with Gasteiger partial charge in [-0.05, 0) is 12.1 Å². The molecule has 0 aliphatic carbocycles. The Balaban J connectivity index is 2.81. The average Bonchev–Trinajstić information content (AvgIpc) is 2.15. The van der Waals surface area contributed by atoms with Gasteiger partial charge in [-0.2, -0.15) is 0 Å². The zero-order valence-electron chi connectivity index (χ0n) is 6.68. The van der Waals surface area contributed by atoms with E-state index < -0.39 is 4.92 Å². The third-order valence-corrected chi connectivity index (χ3v) is 1.54. The van der Waals surface area contributed by atoms with E-state index in [9.17, 15) is 10.1 Å². The van der Waals surface area contributed by atoms with Crippen LogP contribution in [0.15, 0.2) is 24.4 Å². The Kier molecular flexibility index (Phi) is 3.40. The molecule has 0 atom stereocenters. The maximum absolute atomic E-state index is 10.3. The second-order valence-corrected chi connectivity index (χ2v) is 2.56. The van der Waals surface area contributed by atoms with Crippen LogP contribution in [-0.4, -0.2) is 15.8 Å². The summed E-state index contributed by atoms with van der Waals surface area (Å²) in [5.74, 6) is 0.401. The molecule has 1 aromatic heterocycles. The van der Waals surface area contributed by atoms with Crippen molar-refractivity contribution in [2.75, 3.05) is 5.88 Å². The van der Waals surface area contributed by atoms with Crippen LogP contribution in [0, 0.1) is 10.1 Å². The Morgan fingerprint density at radius 3 is 2.85 bits per heavy atom. The van der Waals surface area contributed by atoms with Gasteiger partial charge in [-0.3, -0.25) is 10.1 Å².